The van der Waals surface area contributed by atoms with E-state index in [0.717, 1.165) is 6.42 Å². The van der Waals surface area contributed by atoms with Crippen LogP contribution in [0.2, 0.25) is 0 Å². The fraction of sp³-hybridized carbons (Fsp3) is 0.500. The van der Waals surface area contributed by atoms with Gasteiger partial charge in [-0.05, 0) is 19.4 Å². The maximum Gasteiger partial charge on any atom is 0.316 e. The van der Waals surface area contributed by atoms with Gasteiger partial charge in [0.15, 0.2) is 5.78 Å². The maximum absolute atomic E-state index is 12.0. The first-order valence-corrected chi connectivity index (χ1v) is 5.43. The molecule has 4 heteroatoms. The van der Waals surface area contributed by atoms with Gasteiger partial charge in [0.05, 0.1) is 18.4 Å². The summed E-state index contributed by atoms with van der Waals surface area (Å²) >= 11 is 0. The van der Waals surface area contributed by atoms with E-state index in [1.807, 2.05) is 6.92 Å². The van der Waals surface area contributed by atoms with Crippen LogP contribution in [0.3, 0.4) is 0 Å². The molecule has 1 heterocycles. The number of ether oxygens (including phenoxy) is 1. The third-order valence-corrected chi connectivity index (χ3v) is 2.27. The Morgan fingerprint density at radius 2 is 2.19 bits per heavy atom. The summed E-state index contributed by atoms with van der Waals surface area (Å²) in [5.74, 6) is -1.38. The molecule has 0 N–H and O–H groups in total. The zero-order valence-electron chi connectivity index (χ0n) is 9.56. The lowest BCUT2D eigenvalue weighted by molar-refractivity contribution is -0.146. The molecule has 1 aromatic rings. The molecule has 0 saturated heterocycles. The van der Waals surface area contributed by atoms with Crippen LogP contribution in [0.25, 0.3) is 0 Å². The van der Waals surface area contributed by atoms with Crippen LogP contribution in [0.5, 0.6) is 0 Å². The minimum atomic E-state index is -0.706. The van der Waals surface area contributed by atoms with Crippen molar-refractivity contribution in [2.75, 3.05) is 6.61 Å². The van der Waals surface area contributed by atoms with E-state index in [4.69, 9.17) is 9.15 Å². The SMILES string of the molecule is CCCC(C(=O)OCC)C(=O)c1ccoc1. The molecule has 0 saturated carbocycles. The molecule has 0 aliphatic carbocycles. The zero-order valence-corrected chi connectivity index (χ0v) is 9.56. The Morgan fingerprint density at radius 1 is 1.44 bits per heavy atom. The highest BCUT2D eigenvalue weighted by molar-refractivity contribution is 6.08. The second-order valence-electron chi connectivity index (χ2n) is 3.47. The smallest absolute Gasteiger partial charge is 0.316 e. The number of rotatable bonds is 6. The minimum absolute atomic E-state index is 0.228. The van der Waals surface area contributed by atoms with Gasteiger partial charge in [0.25, 0.3) is 0 Å². The lowest BCUT2D eigenvalue weighted by atomic mass is 9.95. The van der Waals surface area contributed by atoms with Crippen LogP contribution < -0.4 is 0 Å². The van der Waals surface area contributed by atoms with Gasteiger partial charge in [-0.15, -0.1) is 0 Å². The molecule has 0 radical (unpaired) electrons. The Labute approximate surface area is 94.6 Å². The van der Waals surface area contributed by atoms with Crippen LogP contribution in [0.4, 0.5) is 0 Å². The second-order valence-corrected chi connectivity index (χ2v) is 3.47. The van der Waals surface area contributed by atoms with Crippen molar-refractivity contribution in [3.63, 3.8) is 0 Å². The van der Waals surface area contributed by atoms with E-state index in [1.54, 1.807) is 13.0 Å². The summed E-state index contributed by atoms with van der Waals surface area (Å²) in [6.45, 7) is 3.94. The largest absolute Gasteiger partial charge is 0.472 e. The molecule has 1 atom stereocenters. The second kappa shape index (κ2) is 6.10. The van der Waals surface area contributed by atoms with Crippen LogP contribution in [0, 0.1) is 5.92 Å². The highest BCUT2D eigenvalue weighted by Crippen LogP contribution is 2.16. The Kier molecular flexibility index (Phi) is 4.76. The molecule has 0 spiro atoms. The van der Waals surface area contributed by atoms with Crippen LogP contribution >= 0.6 is 0 Å². The van der Waals surface area contributed by atoms with Crippen molar-refractivity contribution in [3.8, 4) is 0 Å². The normalized spacial score (nSPS) is 12.1. The van der Waals surface area contributed by atoms with Gasteiger partial charge in [0.1, 0.15) is 12.2 Å². The van der Waals surface area contributed by atoms with Gasteiger partial charge in [-0.3, -0.25) is 9.59 Å². The Balaban J connectivity index is 2.77. The topological polar surface area (TPSA) is 56.5 Å². The molecule has 1 rings (SSSR count). The molecule has 0 aliphatic heterocycles. The molecule has 4 nitrogen and oxygen atoms in total. The molecule has 1 unspecified atom stereocenters. The van der Waals surface area contributed by atoms with E-state index in [9.17, 15) is 9.59 Å². The van der Waals surface area contributed by atoms with Gasteiger partial charge in [0, 0.05) is 0 Å². The first kappa shape index (κ1) is 12.5. The quantitative estimate of drug-likeness (QED) is 0.423. The monoisotopic (exact) mass is 224 g/mol. The van der Waals surface area contributed by atoms with Gasteiger partial charge < -0.3 is 9.15 Å². The van der Waals surface area contributed by atoms with Crippen LogP contribution in [-0.2, 0) is 9.53 Å². The van der Waals surface area contributed by atoms with Crippen LogP contribution in [0.1, 0.15) is 37.0 Å². The summed E-state index contributed by atoms with van der Waals surface area (Å²) in [6.07, 6.45) is 4.03. The lowest BCUT2D eigenvalue weighted by Crippen LogP contribution is -2.26. The Bertz CT molecular complexity index is 340. The minimum Gasteiger partial charge on any atom is -0.472 e. The number of Topliss-reactive ketones (excluding diaryl/α,β-unsaturated/α-hetero) is 1. The van der Waals surface area contributed by atoms with Crippen molar-refractivity contribution in [2.24, 2.45) is 5.92 Å². The number of hydrogen-bond acceptors (Lipinski definition) is 4. The van der Waals surface area contributed by atoms with E-state index in [-0.39, 0.29) is 12.4 Å². The maximum atomic E-state index is 12.0. The van der Waals surface area contributed by atoms with E-state index in [1.165, 1.54) is 12.5 Å². The van der Waals surface area contributed by atoms with E-state index in [0.29, 0.717) is 12.0 Å². The number of esters is 1. The van der Waals surface area contributed by atoms with Crippen molar-refractivity contribution in [2.45, 2.75) is 26.7 Å². The number of ketones is 1. The summed E-state index contributed by atoms with van der Waals surface area (Å²) in [5.41, 5.74) is 0.423. The fourth-order valence-corrected chi connectivity index (χ4v) is 1.49. The summed E-state index contributed by atoms with van der Waals surface area (Å²) in [6, 6.07) is 1.56. The number of carbonyl (C=O) groups is 2. The van der Waals surface area contributed by atoms with Crippen LogP contribution in [0.15, 0.2) is 23.0 Å². The van der Waals surface area contributed by atoms with Gasteiger partial charge in [-0.2, -0.15) is 0 Å². The van der Waals surface area contributed by atoms with Crippen LogP contribution in [-0.4, -0.2) is 18.4 Å². The molecule has 0 bridgehead atoms. The van der Waals surface area contributed by atoms with Crippen molar-refractivity contribution in [3.05, 3.63) is 24.2 Å². The fourth-order valence-electron chi connectivity index (χ4n) is 1.49. The predicted molar refractivity (Wildman–Crippen MR) is 58.1 cm³/mol. The lowest BCUT2D eigenvalue weighted by Gasteiger charge is -2.12. The van der Waals surface area contributed by atoms with Gasteiger partial charge in [0.2, 0.25) is 0 Å². The van der Waals surface area contributed by atoms with Gasteiger partial charge in [-0.1, -0.05) is 13.3 Å². The Morgan fingerprint density at radius 3 is 2.69 bits per heavy atom. The summed E-state index contributed by atoms with van der Waals surface area (Å²) in [4.78, 5) is 23.5. The average molecular weight is 224 g/mol. The molecule has 0 aliphatic rings. The summed E-state index contributed by atoms with van der Waals surface area (Å²) in [5, 5.41) is 0. The van der Waals surface area contributed by atoms with Crippen molar-refractivity contribution < 1.29 is 18.7 Å². The molecule has 1 aromatic heterocycles. The van der Waals surface area contributed by atoms with Crippen molar-refractivity contribution in [1.29, 1.82) is 0 Å². The van der Waals surface area contributed by atoms with E-state index in [2.05, 4.69) is 0 Å². The highest BCUT2D eigenvalue weighted by atomic mass is 16.5. The number of hydrogen-bond donors (Lipinski definition) is 0. The van der Waals surface area contributed by atoms with Gasteiger partial charge >= 0.3 is 5.97 Å². The molecule has 0 aromatic carbocycles. The van der Waals surface area contributed by atoms with E-state index >= 15 is 0 Å². The molecular weight excluding hydrogens is 208 g/mol. The predicted octanol–water partition coefficient (Wildman–Crippen LogP) is 2.44. The first-order chi connectivity index (χ1) is 7.70. The van der Waals surface area contributed by atoms with Crippen molar-refractivity contribution >= 4 is 11.8 Å². The molecule has 0 amide bonds. The molecule has 16 heavy (non-hydrogen) atoms. The summed E-state index contributed by atoms with van der Waals surface area (Å²) < 4.78 is 9.72. The number of furan rings is 1. The summed E-state index contributed by atoms with van der Waals surface area (Å²) in [7, 11) is 0. The number of carbonyl (C=O) groups excluding carboxylic acids is 2. The third-order valence-electron chi connectivity index (χ3n) is 2.27. The Hall–Kier alpha value is -1.58. The zero-order chi connectivity index (χ0) is 12.0. The molecule has 0 fully saturated rings. The van der Waals surface area contributed by atoms with E-state index < -0.39 is 11.9 Å². The van der Waals surface area contributed by atoms with Gasteiger partial charge in [-0.25, -0.2) is 0 Å². The first-order valence-electron chi connectivity index (χ1n) is 5.43. The molecular formula is C12H16O4. The highest BCUT2D eigenvalue weighted by Gasteiger charge is 2.28. The third kappa shape index (κ3) is 2.95. The average Bonchev–Trinajstić information content (AvgIpc) is 2.78. The standard InChI is InChI=1S/C12H16O4/c1-3-5-10(12(14)16-4-2)11(13)9-6-7-15-8-9/h6-8,10H,3-5H2,1-2H3. The van der Waals surface area contributed by atoms with Crippen molar-refractivity contribution in [1.82, 2.24) is 0 Å². The molecule has 88 valence electrons.